The van der Waals surface area contributed by atoms with Crippen molar-refractivity contribution in [2.45, 2.75) is 11.8 Å². The van der Waals surface area contributed by atoms with Crippen LogP contribution in [0.1, 0.15) is 15.9 Å². The summed E-state index contributed by atoms with van der Waals surface area (Å²) in [7, 11) is -3.82. The lowest BCUT2D eigenvalue weighted by Gasteiger charge is -2.08. The molecule has 0 bridgehead atoms. The van der Waals surface area contributed by atoms with Gasteiger partial charge in [0.25, 0.3) is 10.0 Å². The summed E-state index contributed by atoms with van der Waals surface area (Å²) < 4.78 is 27.8. The van der Waals surface area contributed by atoms with Gasteiger partial charge in [-0.25, -0.2) is 13.4 Å². The second kappa shape index (κ2) is 8.99. The van der Waals surface area contributed by atoms with Crippen molar-refractivity contribution in [1.82, 2.24) is 9.97 Å². The van der Waals surface area contributed by atoms with Gasteiger partial charge in [-0.3, -0.25) is 14.5 Å². The predicted octanol–water partition coefficient (Wildman–Crippen LogP) is 4.55. The minimum absolute atomic E-state index is 0.0812. The summed E-state index contributed by atoms with van der Waals surface area (Å²) in [4.78, 5) is 20.7. The summed E-state index contributed by atoms with van der Waals surface area (Å²) in [5.74, 6) is 0.0147. The summed E-state index contributed by atoms with van der Waals surface area (Å²) in [6, 6.07) is 20.7. The first-order valence-electron chi connectivity index (χ1n) is 9.79. The molecule has 0 amide bonds. The average molecular weight is 445 g/mol. The Kier molecular flexibility index (Phi) is 5.96. The number of benzene rings is 3. The number of hydrogen-bond acceptors (Lipinski definition) is 6. The van der Waals surface area contributed by atoms with Crippen LogP contribution in [0.15, 0.2) is 96.2 Å². The van der Waals surface area contributed by atoms with Crippen LogP contribution in [0.2, 0.25) is 0 Å². The molecule has 0 unspecified atom stereocenters. The van der Waals surface area contributed by atoms with Gasteiger partial charge < -0.3 is 5.32 Å². The number of aromatic nitrogens is 2. The number of nitrogens with zero attached hydrogens (tertiary/aromatic N) is 2. The standard InChI is InChI=1S/C24H20N4O3S/c1-17-6-8-18(9-7-17)23(29)14-15-25-19-10-12-20(13-11-19)32(30,31)28-24-16-26-21-4-2-3-5-22(21)27-24/h2-16,25H,1H3,(H,27,28)/b15-14-. The minimum atomic E-state index is -3.82. The Morgan fingerprint density at radius 1 is 0.906 bits per heavy atom. The highest BCUT2D eigenvalue weighted by Crippen LogP contribution is 2.18. The maximum absolute atomic E-state index is 12.7. The number of aryl methyl sites for hydroxylation is 1. The number of sulfonamides is 1. The highest BCUT2D eigenvalue weighted by atomic mass is 32.2. The molecule has 160 valence electrons. The van der Waals surface area contributed by atoms with Crippen LogP contribution in [0, 0.1) is 6.92 Å². The van der Waals surface area contributed by atoms with Crippen LogP contribution in [0.25, 0.3) is 11.0 Å². The van der Waals surface area contributed by atoms with Crippen LogP contribution in [0.4, 0.5) is 11.5 Å². The van der Waals surface area contributed by atoms with Gasteiger partial charge in [0, 0.05) is 23.5 Å². The fourth-order valence-corrected chi connectivity index (χ4v) is 3.95. The fourth-order valence-electron chi connectivity index (χ4n) is 2.96. The zero-order valence-corrected chi connectivity index (χ0v) is 18.0. The topological polar surface area (TPSA) is 101 Å². The predicted molar refractivity (Wildman–Crippen MR) is 125 cm³/mol. The minimum Gasteiger partial charge on any atom is -0.362 e. The molecule has 1 aromatic heterocycles. The maximum atomic E-state index is 12.7. The molecule has 0 aliphatic rings. The Bertz CT molecular complexity index is 1400. The van der Waals surface area contributed by atoms with E-state index in [2.05, 4.69) is 20.0 Å². The normalized spacial score (nSPS) is 11.5. The van der Waals surface area contributed by atoms with Gasteiger partial charge in [0.1, 0.15) is 0 Å². The third-order valence-electron chi connectivity index (χ3n) is 4.67. The molecule has 8 heteroatoms. The van der Waals surface area contributed by atoms with Crippen molar-refractivity contribution in [3.63, 3.8) is 0 Å². The Morgan fingerprint density at radius 2 is 1.59 bits per heavy atom. The Balaban J connectivity index is 1.41. The quantitative estimate of drug-likeness (QED) is 0.320. The second-order valence-electron chi connectivity index (χ2n) is 7.08. The van der Waals surface area contributed by atoms with Gasteiger partial charge in [0.05, 0.1) is 22.1 Å². The van der Waals surface area contributed by atoms with Gasteiger partial charge >= 0.3 is 0 Å². The molecule has 0 saturated carbocycles. The lowest BCUT2D eigenvalue weighted by molar-refractivity contribution is 0.104. The largest absolute Gasteiger partial charge is 0.362 e. The molecule has 0 spiro atoms. The first-order valence-corrected chi connectivity index (χ1v) is 11.3. The van der Waals surface area contributed by atoms with Crippen molar-refractivity contribution >= 4 is 38.3 Å². The smallest absolute Gasteiger partial charge is 0.263 e. The molecule has 0 saturated heterocycles. The van der Waals surface area contributed by atoms with Gasteiger partial charge in [0.15, 0.2) is 11.6 Å². The van der Waals surface area contributed by atoms with Crippen LogP contribution < -0.4 is 10.0 Å². The van der Waals surface area contributed by atoms with E-state index < -0.39 is 10.0 Å². The summed E-state index contributed by atoms with van der Waals surface area (Å²) in [5, 5.41) is 2.97. The molecule has 2 N–H and O–H groups in total. The van der Waals surface area contributed by atoms with Gasteiger partial charge in [-0.2, -0.15) is 0 Å². The van der Waals surface area contributed by atoms with E-state index in [-0.39, 0.29) is 16.5 Å². The number of anilines is 2. The molecule has 4 rings (SSSR count). The monoisotopic (exact) mass is 444 g/mol. The van der Waals surface area contributed by atoms with Crippen LogP contribution in [0.5, 0.6) is 0 Å². The Morgan fingerprint density at radius 3 is 2.31 bits per heavy atom. The molecule has 32 heavy (non-hydrogen) atoms. The van der Waals surface area contributed by atoms with Crippen molar-refractivity contribution in [2.24, 2.45) is 0 Å². The molecule has 0 fully saturated rings. The lowest BCUT2D eigenvalue weighted by atomic mass is 10.1. The van der Waals surface area contributed by atoms with Crippen molar-refractivity contribution in [3.8, 4) is 0 Å². The maximum Gasteiger partial charge on any atom is 0.263 e. The van der Waals surface area contributed by atoms with E-state index in [0.717, 1.165) is 5.56 Å². The number of fused-ring (bicyclic) bond motifs is 1. The molecule has 0 aliphatic heterocycles. The van der Waals surface area contributed by atoms with Crippen LogP contribution in [-0.2, 0) is 10.0 Å². The van der Waals surface area contributed by atoms with E-state index in [1.807, 2.05) is 31.2 Å². The molecule has 4 aromatic rings. The van der Waals surface area contributed by atoms with Crippen molar-refractivity contribution in [3.05, 3.63) is 102 Å². The second-order valence-corrected chi connectivity index (χ2v) is 8.76. The molecular weight excluding hydrogens is 424 g/mol. The third-order valence-corrected chi connectivity index (χ3v) is 6.04. The summed E-state index contributed by atoms with van der Waals surface area (Å²) >= 11 is 0. The highest BCUT2D eigenvalue weighted by Gasteiger charge is 2.15. The molecule has 0 atom stereocenters. The average Bonchev–Trinajstić information content (AvgIpc) is 2.79. The molecular formula is C24H20N4O3S. The number of carbonyl (C=O) groups excluding carboxylic acids is 1. The number of hydrogen-bond donors (Lipinski definition) is 2. The van der Waals surface area contributed by atoms with E-state index in [9.17, 15) is 13.2 Å². The summed E-state index contributed by atoms with van der Waals surface area (Å²) in [6.45, 7) is 1.96. The number of nitrogens with one attached hydrogen (secondary N) is 2. The number of para-hydroxylation sites is 2. The van der Waals surface area contributed by atoms with Crippen molar-refractivity contribution in [2.75, 3.05) is 10.0 Å². The van der Waals surface area contributed by atoms with Crippen LogP contribution >= 0.6 is 0 Å². The SMILES string of the molecule is Cc1ccc(C(=O)/C=C\Nc2ccc(S(=O)(=O)Nc3cnc4ccccc4n3)cc2)cc1. The van der Waals surface area contributed by atoms with Crippen LogP contribution in [-0.4, -0.2) is 24.2 Å². The van der Waals surface area contributed by atoms with E-state index in [4.69, 9.17) is 0 Å². The molecule has 3 aromatic carbocycles. The Hall–Kier alpha value is -4.04. The number of allylic oxidation sites excluding steroid dienone is 1. The number of rotatable bonds is 7. The van der Waals surface area contributed by atoms with Gasteiger partial charge in [0.2, 0.25) is 0 Å². The van der Waals surface area contributed by atoms with E-state index in [0.29, 0.717) is 22.3 Å². The third kappa shape index (κ3) is 4.98. The molecule has 0 aliphatic carbocycles. The van der Waals surface area contributed by atoms with E-state index >= 15 is 0 Å². The molecule has 1 heterocycles. The summed E-state index contributed by atoms with van der Waals surface area (Å²) in [5.41, 5.74) is 3.60. The molecule has 0 radical (unpaired) electrons. The lowest BCUT2D eigenvalue weighted by Crippen LogP contribution is -2.14. The van der Waals surface area contributed by atoms with Crippen LogP contribution in [0.3, 0.4) is 0 Å². The van der Waals surface area contributed by atoms with Gasteiger partial charge in [-0.15, -0.1) is 0 Å². The van der Waals surface area contributed by atoms with Crippen molar-refractivity contribution in [1.29, 1.82) is 0 Å². The fraction of sp³-hybridized carbons (Fsp3) is 0.0417. The van der Waals surface area contributed by atoms with Gasteiger partial charge in [-0.1, -0.05) is 42.0 Å². The van der Waals surface area contributed by atoms with Gasteiger partial charge in [-0.05, 0) is 43.3 Å². The van der Waals surface area contributed by atoms with E-state index in [1.165, 1.54) is 30.6 Å². The zero-order valence-electron chi connectivity index (χ0n) is 17.2. The van der Waals surface area contributed by atoms with Crippen molar-refractivity contribution < 1.29 is 13.2 Å². The zero-order chi connectivity index (χ0) is 22.6. The molecule has 7 nitrogen and oxygen atoms in total. The first-order chi connectivity index (χ1) is 15.4. The van der Waals surface area contributed by atoms with E-state index in [1.54, 1.807) is 36.4 Å². The first kappa shape index (κ1) is 21.2. The number of carbonyl (C=O) groups is 1. The summed E-state index contributed by atoms with van der Waals surface area (Å²) in [6.07, 6.45) is 4.33. The Labute approximate surface area is 185 Å². The number of ketones is 1. The highest BCUT2D eigenvalue weighted by molar-refractivity contribution is 7.92.